The number of imidazole rings is 1. The van der Waals surface area contributed by atoms with Crippen molar-refractivity contribution in [3.05, 3.63) is 17.7 Å². The molecule has 0 saturated carbocycles. The van der Waals surface area contributed by atoms with E-state index in [0.29, 0.717) is 13.2 Å². The van der Waals surface area contributed by atoms with Crippen molar-refractivity contribution in [3.63, 3.8) is 0 Å². The van der Waals surface area contributed by atoms with Crippen LogP contribution >= 0.6 is 0 Å². The minimum Gasteiger partial charge on any atom is -0.378 e. The first kappa shape index (κ1) is 10.8. The summed E-state index contributed by atoms with van der Waals surface area (Å²) >= 11 is 0. The van der Waals surface area contributed by atoms with Gasteiger partial charge in [0.1, 0.15) is 0 Å². The smallest absolute Gasteiger partial charge is 0.226 e. The molecule has 1 amide bonds. The summed E-state index contributed by atoms with van der Waals surface area (Å²) in [7, 11) is 0. The number of rotatable bonds is 1. The number of carbonyl (C=O) groups excluding carboxylic acids is 1. The van der Waals surface area contributed by atoms with E-state index in [2.05, 4.69) is 9.97 Å². The second kappa shape index (κ2) is 4.49. The average Bonchev–Trinajstić information content (AvgIpc) is 2.86. The van der Waals surface area contributed by atoms with Crippen molar-refractivity contribution in [2.75, 3.05) is 26.3 Å². The zero-order valence-electron chi connectivity index (χ0n) is 9.82. The van der Waals surface area contributed by atoms with Gasteiger partial charge in [-0.2, -0.15) is 0 Å². The number of ether oxygens (including phenoxy) is 1. The summed E-state index contributed by atoms with van der Waals surface area (Å²) in [6.07, 6.45) is 4.38. The Morgan fingerprint density at radius 3 is 3.12 bits per heavy atom. The number of aromatic amines is 1. The Morgan fingerprint density at radius 2 is 2.29 bits per heavy atom. The first-order valence-electron chi connectivity index (χ1n) is 6.22. The minimum absolute atomic E-state index is 0.126. The van der Waals surface area contributed by atoms with E-state index in [9.17, 15) is 4.79 Å². The fourth-order valence-corrected chi connectivity index (χ4v) is 2.65. The van der Waals surface area contributed by atoms with Gasteiger partial charge in [0.25, 0.3) is 0 Å². The third kappa shape index (κ3) is 2.07. The largest absolute Gasteiger partial charge is 0.378 e. The summed E-state index contributed by atoms with van der Waals surface area (Å²) in [6.45, 7) is 2.83. The van der Waals surface area contributed by atoms with Crippen LogP contribution < -0.4 is 0 Å². The highest BCUT2D eigenvalue weighted by atomic mass is 16.5. The summed E-state index contributed by atoms with van der Waals surface area (Å²) in [6, 6.07) is 0. The Hall–Kier alpha value is -1.36. The molecule has 0 spiro atoms. The molecule has 1 N–H and O–H groups in total. The number of carbonyl (C=O) groups is 1. The van der Waals surface area contributed by atoms with Crippen LogP contribution in [0.1, 0.15) is 17.8 Å². The molecule has 1 fully saturated rings. The highest BCUT2D eigenvalue weighted by Gasteiger charge is 2.30. The van der Waals surface area contributed by atoms with E-state index in [4.69, 9.17) is 4.74 Å². The standard InChI is InChI=1S/C12H17N3O2/c16-12(15-3-5-17-6-4-15)9-1-2-10-11(7-9)14-8-13-10/h8-9H,1-7H2,(H,13,14). The first-order chi connectivity index (χ1) is 8.34. The van der Waals surface area contributed by atoms with E-state index >= 15 is 0 Å². The molecule has 92 valence electrons. The maximum absolute atomic E-state index is 12.3. The van der Waals surface area contributed by atoms with E-state index in [0.717, 1.165) is 43.7 Å². The zero-order valence-corrected chi connectivity index (χ0v) is 9.82. The molecule has 5 heteroatoms. The second-order valence-corrected chi connectivity index (χ2v) is 4.71. The molecule has 0 aromatic carbocycles. The molecule has 1 aliphatic heterocycles. The van der Waals surface area contributed by atoms with Crippen LogP contribution in [-0.4, -0.2) is 47.1 Å². The second-order valence-electron chi connectivity index (χ2n) is 4.71. The van der Waals surface area contributed by atoms with E-state index in [1.54, 1.807) is 6.33 Å². The lowest BCUT2D eigenvalue weighted by molar-refractivity contribution is -0.140. The van der Waals surface area contributed by atoms with E-state index in [1.807, 2.05) is 4.90 Å². The van der Waals surface area contributed by atoms with Gasteiger partial charge in [-0.25, -0.2) is 4.98 Å². The number of hydrogen-bond acceptors (Lipinski definition) is 3. The Bertz CT molecular complexity index is 410. The van der Waals surface area contributed by atoms with Gasteiger partial charge in [-0.1, -0.05) is 0 Å². The van der Waals surface area contributed by atoms with Crippen LogP contribution in [0.4, 0.5) is 0 Å². The molecule has 0 radical (unpaired) electrons. The van der Waals surface area contributed by atoms with Crippen LogP contribution in [0.15, 0.2) is 6.33 Å². The Kier molecular flexibility index (Phi) is 2.84. The topological polar surface area (TPSA) is 58.2 Å². The third-order valence-electron chi connectivity index (χ3n) is 3.66. The molecule has 2 heterocycles. The maximum atomic E-state index is 12.3. The monoisotopic (exact) mass is 235 g/mol. The molecule has 5 nitrogen and oxygen atoms in total. The predicted molar refractivity (Wildman–Crippen MR) is 61.5 cm³/mol. The van der Waals surface area contributed by atoms with Crippen molar-refractivity contribution in [1.29, 1.82) is 0 Å². The number of fused-ring (bicyclic) bond motifs is 1. The lowest BCUT2D eigenvalue weighted by atomic mass is 9.88. The number of amides is 1. The Morgan fingerprint density at radius 1 is 1.47 bits per heavy atom. The molecule has 1 atom stereocenters. The molecule has 17 heavy (non-hydrogen) atoms. The van der Waals surface area contributed by atoms with Crippen LogP contribution in [0.25, 0.3) is 0 Å². The van der Waals surface area contributed by atoms with E-state index in [1.165, 1.54) is 0 Å². The van der Waals surface area contributed by atoms with Crippen molar-refractivity contribution in [1.82, 2.24) is 14.9 Å². The van der Waals surface area contributed by atoms with Crippen molar-refractivity contribution in [3.8, 4) is 0 Å². The summed E-state index contributed by atoms with van der Waals surface area (Å²) in [5.41, 5.74) is 2.28. The summed E-state index contributed by atoms with van der Waals surface area (Å²) in [5, 5.41) is 0. The summed E-state index contributed by atoms with van der Waals surface area (Å²) < 4.78 is 5.27. The Balaban J connectivity index is 1.67. The van der Waals surface area contributed by atoms with Gasteiger partial charge < -0.3 is 14.6 Å². The third-order valence-corrected chi connectivity index (χ3v) is 3.66. The van der Waals surface area contributed by atoms with Gasteiger partial charge in [0.2, 0.25) is 5.91 Å². The number of aromatic nitrogens is 2. The van der Waals surface area contributed by atoms with Gasteiger partial charge in [-0.15, -0.1) is 0 Å². The van der Waals surface area contributed by atoms with Gasteiger partial charge in [-0.05, 0) is 12.8 Å². The highest BCUT2D eigenvalue weighted by molar-refractivity contribution is 5.79. The maximum Gasteiger partial charge on any atom is 0.226 e. The molecule has 1 aromatic rings. The number of morpholine rings is 1. The molecule has 1 saturated heterocycles. The lowest BCUT2D eigenvalue weighted by Gasteiger charge is -2.31. The number of hydrogen-bond donors (Lipinski definition) is 1. The number of aryl methyl sites for hydroxylation is 1. The predicted octanol–water partition coefficient (Wildman–Crippen LogP) is 0.373. The van der Waals surface area contributed by atoms with Crippen molar-refractivity contribution in [2.45, 2.75) is 19.3 Å². The SMILES string of the molecule is O=C(C1CCc2nc[nH]c2C1)N1CCOCC1. The molecule has 1 aliphatic carbocycles. The van der Waals surface area contributed by atoms with Crippen molar-refractivity contribution >= 4 is 5.91 Å². The lowest BCUT2D eigenvalue weighted by Crippen LogP contribution is -2.44. The fraction of sp³-hybridized carbons (Fsp3) is 0.667. The van der Waals surface area contributed by atoms with Crippen LogP contribution in [0.5, 0.6) is 0 Å². The zero-order chi connectivity index (χ0) is 11.7. The molecule has 0 bridgehead atoms. The first-order valence-corrected chi connectivity index (χ1v) is 6.22. The summed E-state index contributed by atoms with van der Waals surface area (Å²) in [5.74, 6) is 0.412. The number of nitrogens with one attached hydrogen (secondary N) is 1. The van der Waals surface area contributed by atoms with Gasteiger partial charge in [0, 0.05) is 31.1 Å². The van der Waals surface area contributed by atoms with Gasteiger partial charge >= 0.3 is 0 Å². The molecule has 3 rings (SSSR count). The molecule has 2 aliphatic rings. The minimum atomic E-state index is 0.126. The molecular formula is C12H17N3O2. The highest BCUT2D eigenvalue weighted by Crippen LogP contribution is 2.24. The average molecular weight is 235 g/mol. The van der Waals surface area contributed by atoms with Gasteiger partial charge in [0.05, 0.1) is 25.2 Å². The number of nitrogens with zero attached hydrogens (tertiary/aromatic N) is 2. The van der Waals surface area contributed by atoms with Crippen molar-refractivity contribution < 1.29 is 9.53 Å². The van der Waals surface area contributed by atoms with Gasteiger partial charge in [-0.3, -0.25) is 4.79 Å². The number of H-pyrrole nitrogens is 1. The fourth-order valence-electron chi connectivity index (χ4n) is 2.65. The van der Waals surface area contributed by atoms with Crippen LogP contribution in [0.2, 0.25) is 0 Å². The molecular weight excluding hydrogens is 218 g/mol. The van der Waals surface area contributed by atoms with Crippen LogP contribution in [0, 0.1) is 5.92 Å². The summed E-state index contributed by atoms with van der Waals surface area (Å²) in [4.78, 5) is 21.7. The van der Waals surface area contributed by atoms with Crippen LogP contribution in [-0.2, 0) is 22.4 Å². The quantitative estimate of drug-likeness (QED) is 0.765. The Labute approximate surface area is 100 Å². The molecule has 1 aromatic heterocycles. The normalized spacial score (nSPS) is 24.5. The van der Waals surface area contributed by atoms with E-state index < -0.39 is 0 Å². The molecule has 1 unspecified atom stereocenters. The van der Waals surface area contributed by atoms with Gasteiger partial charge in [0.15, 0.2) is 0 Å². The van der Waals surface area contributed by atoms with Crippen LogP contribution in [0.3, 0.4) is 0 Å². The van der Waals surface area contributed by atoms with Crippen molar-refractivity contribution in [2.24, 2.45) is 5.92 Å². The van der Waals surface area contributed by atoms with E-state index in [-0.39, 0.29) is 11.8 Å².